The van der Waals surface area contributed by atoms with E-state index in [0.29, 0.717) is 16.8 Å². The van der Waals surface area contributed by atoms with Crippen molar-refractivity contribution in [2.75, 3.05) is 11.9 Å². The van der Waals surface area contributed by atoms with Crippen molar-refractivity contribution in [3.63, 3.8) is 0 Å². The van der Waals surface area contributed by atoms with E-state index in [2.05, 4.69) is 21.8 Å². The van der Waals surface area contributed by atoms with Crippen LogP contribution in [0, 0.1) is 11.3 Å². The molecule has 0 fully saturated rings. The molecule has 0 bridgehead atoms. The molecule has 3 N–H and O–H groups in total. The van der Waals surface area contributed by atoms with Crippen molar-refractivity contribution in [1.82, 2.24) is 15.4 Å². The molecule has 0 radical (unpaired) electrons. The summed E-state index contributed by atoms with van der Waals surface area (Å²) in [6.45, 7) is 2.00. The number of hydrazine groups is 1. The van der Waals surface area contributed by atoms with Crippen molar-refractivity contribution < 1.29 is 14.7 Å². The molecule has 1 aliphatic heterocycles. The molecule has 32 heavy (non-hydrogen) atoms. The van der Waals surface area contributed by atoms with Gasteiger partial charge >= 0.3 is 5.97 Å². The van der Waals surface area contributed by atoms with Gasteiger partial charge in [-0.2, -0.15) is 5.26 Å². The molecule has 160 valence electrons. The summed E-state index contributed by atoms with van der Waals surface area (Å²) in [5.74, 6) is -1.54. The number of likely N-dealkylation sites (N-methyl/N-ethyl adjacent to an activating group) is 1. The van der Waals surface area contributed by atoms with Crippen LogP contribution in [0.2, 0.25) is 0 Å². The first-order valence-electron chi connectivity index (χ1n) is 10.1. The van der Waals surface area contributed by atoms with E-state index >= 15 is 0 Å². The first-order valence-corrected chi connectivity index (χ1v) is 10.1. The molecule has 3 aromatic rings. The number of aliphatic carboxylic acids is 1. The Hall–Kier alpha value is -4.22. The van der Waals surface area contributed by atoms with E-state index in [1.807, 2.05) is 24.3 Å². The Balaban J connectivity index is 1.81. The van der Waals surface area contributed by atoms with Gasteiger partial charge in [-0.15, -0.1) is 0 Å². The molecule has 1 aromatic heterocycles. The predicted octanol–water partition coefficient (Wildman–Crippen LogP) is 2.84. The van der Waals surface area contributed by atoms with Crippen LogP contribution in [0.15, 0.2) is 72.7 Å². The number of rotatable bonds is 6. The van der Waals surface area contributed by atoms with Crippen LogP contribution in [0.4, 0.5) is 5.69 Å². The molecule has 0 spiro atoms. The van der Waals surface area contributed by atoms with Crippen LogP contribution >= 0.6 is 0 Å². The minimum atomic E-state index is -1.63. The van der Waals surface area contributed by atoms with Crippen LogP contribution in [0.3, 0.4) is 0 Å². The Morgan fingerprint density at radius 3 is 2.72 bits per heavy atom. The Bertz CT molecular complexity index is 1270. The summed E-state index contributed by atoms with van der Waals surface area (Å²) in [5.41, 5.74) is 2.91. The zero-order chi connectivity index (χ0) is 22.7. The lowest BCUT2D eigenvalue weighted by atomic mass is 9.87. The third-order valence-corrected chi connectivity index (χ3v) is 5.44. The van der Waals surface area contributed by atoms with Crippen LogP contribution in [0.25, 0.3) is 10.8 Å². The highest BCUT2D eigenvalue weighted by molar-refractivity contribution is 6.02. The van der Waals surface area contributed by atoms with Gasteiger partial charge in [-0.05, 0) is 24.6 Å². The van der Waals surface area contributed by atoms with E-state index in [-0.39, 0.29) is 24.6 Å². The fraction of sp³-hybridized carbons (Fsp3) is 0.167. The predicted molar refractivity (Wildman–Crippen MR) is 119 cm³/mol. The number of fused-ring (bicyclic) bond motifs is 1. The van der Waals surface area contributed by atoms with Gasteiger partial charge in [-0.25, -0.2) is 10.2 Å². The van der Waals surface area contributed by atoms with Gasteiger partial charge in [0.25, 0.3) is 5.91 Å². The Labute approximate surface area is 184 Å². The Kier molecular flexibility index (Phi) is 5.58. The number of aromatic nitrogens is 1. The molecular weight excluding hydrogens is 406 g/mol. The Morgan fingerprint density at radius 1 is 1.22 bits per heavy atom. The summed E-state index contributed by atoms with van der Waals surface area (Å²) >= 11 is 0. The Morgan fingerprint density at radius 2 is 1.97 bits per heavy atom. The number of carbonyl (C=O) groups is 2. The second kappa shape index (κ2) is 8.49. The van der Waals surface area contributed by atoms with Gasteiger partial charge in [-0.3, -0.25) is 14.8 Å². The average molecular weight is 427 g/mol. The van der Waals surface area contributed by atoms with Gasteiger partial charge < -0.3 is 10.4 Å². The zero-order valence-corrected chi connectivity index (χ0v) is 17.4. The van der Waals surface area contributed by atoms with Gasteiger partial charge in [0, 0.05) is 29.9 Å². The van der Waals surface area contributed by atoms with Crippen molar-refractivity contribution in [2.45, 2.75) is 18.9 Å². The molecule has 1 amide bonds. The lowest BCUT2D eigenvalue weighted by molar-refractivity contribution is -0.148. The van der Waals surface area contributed by atoms with Crippen LogP contribution in [-0.4, -0.2) is 39.1 Å². The molecule has 1 atom stereocenters. The second-order valence-corrected chi connectivity index (χ2v) is 7.47. The third-order valence-electron chi connectivity index (χ3n) is 5.44. The number of carboxylic acid groups (broad SMARTS) is 1. The first-order chi connectivity index (χ1) is 15.5. The smallest absolute Gasteiger partial charge is 0.330 e. The fourth-order valence-corrected chi connectivity index (χ4v) is 3.81. The summed E-state index contributed by atoms with van der Waals surface area (Å²) in [4.78, 5) is 29.8. The number of amides is 1. The topological polar surface area (TPSA) is 118 Å². The SMILES string of the molecule is CCN1NC(Cc2ccccc2C#N)(C(=O)O)C=C(Nc2cncc3ccccc23)C1=O. The highest BCUT2D eigenvalue weighted by atomic mass is 16.4. The summed E-state index contributed by atoms with van der Waals surface area (Å²) in [6.07, 6.45) is 4.69. The zero-order valence-electron chi connectivity index (χ0n) is 17.4. The molecule has 4 rings (SSSR count). The van der Waals surface area contributed by atoms with Crippen LogP contribution in [0.5, 0.6) is 0 Å². The highest BCUT2D eigenvalue weighted by Gasteiger charge is 2.44. The van der Waals surface area contributed by atoms with Crippen molar-refractivity contribution in [3.8, 4) is 6.07 Å². The van der Waals surface area contributed by atoms with Gasteiger partial charge in [0.05, 0.1) is 23.5 Å². The normalized spacial score (nSPS) is 18.2. The van der Waals surface area contributed by atoms with Crippen LogP contribution in [-0.2, 0) is 16.0 Å². The maximum atomic E-state index is 13.0. The molecule has 2 heterocycles. The number of carboxylic acids is 1. The van der Waals surface area contributed by atoms with Crippen LogP contribution < -0.4 is 10.7 Å². The van der Waals surface area contributed by atoms with E-state index in [1.165, 1.54) is 11.1 Å². The van der Waals surface area contributed by atoms with E-state index in [9.17, 15) is 20.0 Å². The first kappa shape index (κ1) is 21.0. The number of benzene rings is 2. The molecule has 1 unspecified atom stereocenters. The third kappa shape index (κ3) is 3.77. The molecule has 0 aliphatic carbocycles. The number of pyridine rings is 1. The summed E-state index contributed by atoms with van der Waals surface area (Å²) in [7, 11) is 0. The van der Waals surface area contributed by atoms with E-state index in [1.54, 1.807) is 43.6 Å². The molecule has 0 saturated heterocycles. The number of nitrogens with one attached hydrogen (secondary N) is 2. The lowest BCUT2D eigenvalue weighted by Crippen LogP contribution is -2.64. The number of nitriles is 1. The minimum Gasteiger partial charge on any atom is -0.480 e. The standard InChI is InChI=1S/C24H21N5O3/c1-2-29-22(30)20(27-21-15-26-14-18-9-5-6-10-19(18)21)12-24(28-29,23(31)32)11-16-7-3-4-8-17(16)13-25/h3-10,12,14-15,27-28H,2,11H2,1H3,(H,31,32). The summed E-state index contributed by atoms with van der Waals surface area (Å²) in [6, 6.07) is 16.5. The largest absolute Gasteiger partial charge is 0.480 e. The quantitative estimate of drug-likeness (QED) is 0.553. The fourth-order valence-electron chi connectivity index (χ4n) is 3.81. The molecular formula is C24H21N5O3. The minimum absolute atomic E-state index is 0.0190. The molecule has 0 saturated carbocycles. The van der Waals surface area contributed by atoms with Gasteiger partial charge in [0.1, 0.15) is 5.70 Å². The number of hydrogen-bond donors (Lipinski definition) is 3. The number of nitrogens with zero attached hydrogens (tertiary/aromatic N) is 3. The van der Waals surface area contributed by atoms with Crippen molar-refractivity contribution in [2.24, 2.45) is 0 Å². The summed E-state index contributed by atoms with van der Waals surface area (Å²) in [5, 5.41) is 25.8. The van der Waals surface area contributed by atoms with Crippen molar-refractivity contribution >= 4 is 28.3 Å². The number of hydrogen-bond acceptors (Lipinski definition) is 6. The van der Waals surface area contributed by atoms with Gasteiger partial charge in [-0.1, -0.05) is 42.5 Å². The van der Waals surface area contributed by atoms with Gasteiger partial charge in [0.15, 0.2) is 5.54 Å². The lowest BCUT2D eigenvalue weighted by Gasteiger charge is -2.39. The van der Waals surface area contributed by atoms with Crippen molar-refractivity contribution in [1.29, 1.82) is 5.26 Å². The van der Waals surface area contributed by atoms with E-state index in [0.717, 1.165) is 10.8 Å². The second-order valence-electron chi connectivity index (χ2n) is 7.47. The molecule has 2 aromatic carbocycles. The highest BCUT2D eigenvalue weighted by Crippen LogP contribution is 2.28. The number of carbonyl (C=O) groups excluding carboxylic acids is 1. The maximum absolute atomic E-state index is 13.0. The molecule has 1 aliphatic rings. The van der Waals surface area contributed by atoms with Gasteiger partial charge in [0.2, 0.25) is 0 Å². The van der Waals surface area contributed by atoms with Crippen molar-refractivity contribution in [3.05, 3.63) is 83.8 Å². The number of anilines is 1. The monoisotopic (exact) mass is 427 g/mol. The average Bonchev–Trinajstić information content (AvgIpc) is 2.81. The summed E-state index contributed by atoms with van der Waals surface area (Å²) < 4.78 is 0. The van der Waals surface area contributed by atoms with Crippen LogP contribution in [0.1, 0.15) is 18.1 Å². The molecule has 8 heteroatoms. The maximum Gasteiger partial charge on any atom is 0.330 e. The van der Waals surface area contributed by atoms with E-state index in [4.69, 9.17) is 0 Å². The molecule has 8 nitrogen and oxygen atoms in total. The van der Waals surface area contributed by atoms with E-state index < -0.39 is 11.5 Å².